The summed E-state index contributed by atoms with van der Waals surface area (Å²) in [5.41, 5.74) is 19.0. The van der Waals surface area contributed by atoms with Crippen LogP contribution < -0.4 is 0 Å². The van der Waals surface area contributed by atoms with Gasteiger partial charge in [0.1, 0.15) is 0 Å². The Bertz CT molecular complexity index is 6850. The lowest BCUT2D eigenvalue weighted by molar-refractivity contribution is 1.07. The van der Waals surface area contributed by atoms with E-state index < -0.39 is 0 Å². The van der Waals surface area contributed by atoms with Crippen molar-refractivity contribution in [3.05, 3.63) is 332 Å². The monoisotopic (exact) mass is 1350 g/mol. The van der Waals surface area contributed by atoms with Crippen molar-refractivity contribution in [2.24, 2.45) is 0 Å². The SMILES string of the molecule is Brc1cccc(-c2nc(-c3ccccc3)nc(-c3ccccc3)n2)c1.c1cc2[nH]c3cccc4c3c2c(c1)c1cccc2c3ccccc3n4c12.c1ccc(-c2nc(-c3ccccc3)nc(-c3cccc(-n4c5cccc6c7cccc8c9ccccc9n(c9cccc4c9c65)c78)c3)n2)cc1. The Balaban J connectivity index is 0.000000113. The zero-order valence-electron chi connectivity index (χ0n) is 54.1. The molecule has 22 rings (SSSR count). The second kappa shape index (κ2) is 23.5. The second-order valence-corrected chi connectivity index (χ2v) is 26.4. The Hall–Kier alpha value is -13.2. The fourth-order valence-electron chi connectivity index (χ4n) is 15.4. The number of nitrogens with zero attached hydrogens (tertiary/aromatic N) is 9. The van der Waals surface area contributed by atoms with Crippen molar-refractivity contribution in [3.63, 3.8) is 0 Å². The normalized spacial score (nSPS) is 11.8. The molecule has 0 fully saturated rings. The van der Waals surface area contributed by atoms with Gasteiger partial charge in [-0.25, -0.2) is 29.9 Å². The highest BCUT2D eigenvalue weighted by molar-refractivity contribution is 9.10. The van der Waals surface area contributed by atoms with Gasteiger partial charge in [-0.05, 0) is 83.6 Å². The maximum atomic E-state index is 5.03. The first-order chi connectivity index (χ1) is 50.0. The number of rotatable bonds is 7. The van der Waals surface area contributed by atoms with Crippen LogP contribution in [0.15, 0.2) is 332 Å². The van der Waals surface area contributed by atoms with Crippen LogP contribution in [0.1, 0.15) is 0 Å². The minimum absolute atomic E-state index is 0.637. The molecular weight excluding hydrogens is 1300 g/mol. The molecule has 22 aromatic rings. The van der Waals surface area contributed by atoms with Gasteiger partial charge < -0.3 is 18.4 Å². The zero-order valence-corrected chi connectivity index (χ0v) is 55.7. The molecule has 0 saturated heterocycles. The van der Waals surface area contributed by atoms with Gasteiger partial charge in [0.25, 0.3) is 0 Å². The molecule has 472 valence electrons. The largest absolute Gasteiger partial charge is 0.354 e. The molecule has 0 atom stereocenters. The number of halogens is 1. The number of para-hydroxylation sites is 4. The van der Waals surface area contributed by atoms with Crippen molar-refractivity contribution < 1.29 is 0 Å². The van der Waals surface area contributed by atoms with Gasteiger partial charge in [-0.15, -0.1) is 0 Å². The molecule has 0 unspecified atom stereocenters. The van der Waals surface area contributed by atoms with Crippen LogP contribution in [-0.4, -0.2) is 48.3 Å². The molecule has 101 heavy (non-hydrogen) atoms. The van der Waals surface area contributed by atoms with E-state index in [1.165, 1.54) is 114 Å². The van der Waals surface area contributed by atoms with Gasteiger partial charge in [-0.1, -0.05) is 271 Å². The van der Waals surface area contributed by atoms with Crippen LogP contribution in [0.3, 0.4) is 0 Å². The number of benzene rings is 14. The summed E-state index contributed by atoms with van der Waals surface area (Å²) in [6.45, 7) is 0. The van der Waals surface area contributed by atoms with E-state index >= 15 is 0 Å². The number of hydrogen-bond acceptors (Lipinski definition) is 6. The summed E-state index contributed by atoms with van der Waals surface area (Å²) in [6.07, 6.45) is 0. The Morgan fingerprint density at radius 1 is 0.228 bits per heavy atom. The van der Waals surface area contributed by atoms with Crippen LogP contribution in [0.25, 0.3) is 194 Å². The highest BCUT2D eigenvalue weighted by atomic mass is 79.9. The van der Waals surface area contributed by atoms with Crippen LogP contribution >= 0.6 is 15.9 Å². The Morgan fingerprint density at radius 3 is 1.05 bits per heavy atom. The lowest BCUT2D eigenvalue weighted by atomic mass is 10.0. The summed E-state index contributed by atoms with van der Waals surface area (Å²) in [5.74, 6) is 3.94. The second-order valence-electron chi connectivity index (χ2n) is 25.5. The standard InChI is InChI=1S/C45H27N5.C24H14N2.C21H14BrN3/c1-3-13-28(14-4-1)43-46-44(29-15-5-2-6-16-29)48-45(47-43)30-17-9-18-31(27-30)49-37-24-11-20-33-35-22-10-21-34-32-19-7-8-23-36(32)50(42(34)35)39-26-12-25-38(49)41(39)40(33)37;1-2-12-20-14(6-1)16-8-3-9-17-15-7-4-10-18-22(15)23-19(25-18)11-5-13-21(23)26(20)24(16)17;22-18-13-7-12-17(14-18)21-24-19(15-8-3-1-4-9-15)23-20(25-21)16-10-5-2-6-11-16/h1-27H;1-13,25H;1-14H. The lowest BCUT2D eigenvalue weighted by Gasteiger charge is -2.12. The molecule has 0 radical (unpaired) electrons. The Morgan fingerprint density at radius 2 is 0.545 bits per heavy atom. The summed E-state index contributed by atoms with van der Waals surface area (Å²) in [5, 5.41) is 15.5. The molecule has 10 nitrogen and oxygen atoms in total. The van der Waals surface area contributed by atoms with Crippen molar-refractivity contribution in [3.8, 4) is 74.0 Å². The first-order valence-electron chi connectivity index (χ1n) is 33.8. The number of aromatic nitrogens is 10. The van der Waals surface area contributed by atoms with Gasteiger partial charge in [-0.3, -0.25) is 0 Å². The van der Waals surface area contributed by atoms with Crippen LogP contribution in [0.5, 0.6) is 0 Å². The summed E-state index contributed by atoms with van der Waals surface area (Å²) in [4.78, 5) is 32.7. The van der Waals surface area contributed by atoms with Crippen molar-refractivity contribution >= 4 is 136 Å². The summed E-state index contributed by atoms with van der Waals surface area (Å²) < 4.78 is 8.32. The average molecular weight is 1360 g/mol. The molecule has 0 bridgehead atoms. The van der Waals surface area contributed by atoms with E-state index in [4.69, 9.17) is 24.9 Å². The van der Waals surface area contributed by atoms with E-state index in [1.54, 1.807) is 0 Å². The van der Waals surface area contributed by atoms with Crippen molar-refractivity contribution in [1.82, 2.24) is 48.3 Å². The minimum atomic E-state index is 0.637. The molecule has 0 aliphatic heterocycles. The molecule has 8 aromatic heterocycles. The van der Waals surface area contributed by atoms with Gasteiger partial charge >= 0.3 is 0 Å². The summed E-state index contributed by atoms with van der Waals surface area (Å²) in [7, 11) is 0. The fraction of sp³-hybridized carbons (Fsp3) is 0. The molecule has 14 aromatic carbocycles. The quantitative estimate of drug-likeness (QED) is 0.170. The van der Waals surface area contributed by atoms with Crippen LogP contribution in [-0.2, 0) is 0 Å². The first-order valence-corrected chi connectivity index (χ1v) is 34.6. The van der Waals surface area contributed by atoms with Crippen LogP contribution in [0.4, 0.5) is 0 Å². The number of nitrogens with one attached hydrogen (secondary N) is 1. The van der Waals surface area contributed by atoms with E-state index in [0.717, 1.165) is 49.1 Å². The molecule has 1 N–H and O–H groups in total. The Kier molecular flexibility index (Phi) is 13.5. The lowest BCUT2D eigenvalue weighted by Crippen LogP contribution is -2.01. The van der Waals surface area contributed by atoms with Gasteiger partial charge in [0, 0.05) is 108 Å². The summed E-state index contributed by atoms with van der Waals surface area (Å²) in [6, 6.07) is 114. The van der Waals surface area contributed by atoms with E-state index in [-0.39, 0.29) is 0 Å². The van der Waals surface area contributed by atoms with Crippen LogP contribution in [0, 0.1) is 0 Å². The topological polar surface area (TPSA) is 107 Å². The van der Waals surface area contributed by atoms with E-state index in [0.29, 0.717) is 34.9 Å². The predicted molar refractivity (Wildman–Crippen MR) is 419 cm³/mol. The molecule has 11 heteroatoms. The van der Waals surface area contributed by atoms with Gasteiger partial charge in [-0.2, -0.15) is 0 Å². The third-order valence-electron chi connectivity index (χ3n) is 19.7. The minimum Gasteiger partial charge on any atom is -0.354 e. The Labute approximate surface area is 586 Å². The average Bonchev–Trinajstić information content (AvgIpc) is 1.54. The van der Waals surface area contributed by atoms with Gasteiger partial charge in [0.2, 0.25) is 0 Å². The third kappa shape index (κ3) is 9.46. The van der Waals surface area contributed by atoms with Crippen molar-refractivity contribution in [2.45, 2.75) is 0 Å². The highest BCUT2D eigenvalue weighted by Crippen LogP contribution is 2.46. The number of hydrogen-bond donors (Lipinski definition) is 1. The smallest absolute Gasteiger partial charge is 0.164 e. The van der Waals surface area contributed by atoms with Gasteiger partial charge in [0.05, 0.1) is 44.1 Å². The summed E-state index contributed by atoms with van der Waals surface area (Å²) >= 11 is 3.52. The van der Waals surface area contributed by atoms with Crippen LogP contribution in [0.2, 0.25) is 0 Å². The number of aromatic amines is 1. The molecule has 0 aliphatic carbocycles. The van der Waals surface area contributed by atoms with E-state index in [2.05, 4.69) is 221 Å². The first kappa shape index (κ1) is 58.0. The van der Waals surface area contributed by atoms with E-state index in [9.17, 15) is 0 Å². The molecular formula is C90H55BrN10. The van der Waals surface area contributed by atoms with Crippen molar-refractivity contribution in [1.29, 1.82) is 0 Å². The zero-order chi connectivity index (χ0) is 66.7. The van der Waals surface area contributed by atoms with Gasteiger partial charge in [0.15, 0.2) is 34.9 Å². The molecule has 0 spiro atoms. The number of H-pyrrole nitrogens is 1. The highest BCUT2D eigenvalue weighted by Gasteiger charge is 2.24. The molecule has 0 aliphatic rings. The fourth-order valence-corrected chi connectivity index (χ4v) is 15.8. The number of fused-ring (bicyclic) bond motifs is 10. The molecule has 0 saturated carbocycles. The molecule has 8 heterocycles. The molecule has 0 amide bonds. The maximum absolute atomic E-state index is 5.03. The predicted octanol–water partition coefficient (Wildman–Crippen LogP) is 23.2. The van der Waals surface area contributed by atoms with E-state index in [1.807, 2.05) is 146 Å². The third-order valence-corrected chi connectivity index (χ3v) is 20.2. The van der Waals surface area contributed by atoms with Crippen molar-refractivity contribution in [2.75, 3.05) is 0 Å². The maximum Gasteiger partial charge on any atom is 0.164 e.